The summed E-state index contributed by atoms with van der Waals surface area (Å²) in [5.41, 5.74) is 0. The van der Waals surface area contributed by atoms with Gasteiger partial charge in [-0.1, -0.05) is 0 Å². The predicted molar refractivity (Wildman–Crippen MR) is 215 cm³/mol. The Bertz CT molecular complexity index is 1680. The molecular formula is C30H61O32P5. The first-order valence-electron chi connectivity index (χ1n) is 19.6. The molecule has 67 heavy (non-hydrogen) atoms. The minimum absolute atomic E-state index is 0.0901. The quantitative estimate of drug-likeness (QED) is 0.0189. The molecule has 0 unspecified atom stereocenters. The lowest BCUT2D eigenvalue weighted by Crippen LogP contribution is -2.67. The number of hydrogen-bond acceptors (Lipinski definition) is 22. The molecule has 0 saturated heterocycles. The van der Waals surface area contributed by atoms with E-state index in [0.717, 1.165) is 21.3 Å². The summed E-state index contributed by atoms with van der Waals surface area (Å²) < 4.78 is 145. The average Bonchev–Trinajstić information content (AvgIpc) is 3.18. The van der Waals surface area contributed by atoms with Crippen molar-refractivity contribution in [3.8, 4) is 0 Å². The molecule has 2 aliphatic rings. The van der Waals surface area contributed by atoms with E-state index in [4.69, 9.17) is 74.7 Å². The maximum atomic E-state index is 13.3. The number of carbonyl (C=O) groups is 1. The summed E-state index contributed by atoms with van der Waals surface area (Å²) in [6, 6.07) is 0. The summed E-state index contributed by atoms with van der Waals surface area (Å²) in [4.78, 5) is 111. The fourth-order valence-corrected chi connectivity index (χ4v) is 9.71. The molecule has 2 fully saturated rings. The molecule has 12 atom stereocenters. The van der Waals surface area contributed by atoms with E-state index in [-0.39, 0.29) is 65.7 Å². The molecule has 0 spiro atoms. The van der Waals surface area contributed by atoms with Crippen LogP contribution in [0.3, 0.4) is 0 Å². The molecule has 0 radical (unpaired) electrons. The van der Waals surface area contributed by atoms with Gasteiger partial charge in [0.05, 0.1) is 52.9 Å². The first kappa shape index (κ1) is 62.7. The zero-order chi connectivity index (χ0) is 50.8. The van der Waals surface area contributed by atoms with Crippen LogP contribution in [0.2, 0.25) is 0 Å². The summed E-state index contributed by atoms with van der Waals surface area (Å²) in [7, 11) is -22.1. The van der Waals surface area contributed by atoms with Crippen LogP contribution in [0.5, 0.6) is 0 Å². The Balaban J connectivity index is 2.46. The first-order chi connectivity index (χ1) is 31.1. The zero-order valence-electron chi connectivity index (χ0n) is 36.6. The standard InChI is InChI=1S/C30H61O32P5/c1-47-10-12-52-14-16-55-23-21(51-5)22(28(60-65(38,39)40)24(29(23)61-66(41,42)43)56-17-15-53-13-11-48-2)54-9-7-6-8-18(31)57-25-26(58-63(32,33)34)19(49-3)20(50-4)27(59-64(35,36)37)30(25)62-67(44,45)46/h19-30H,6-17H2,1-5H3,(H2,32,33,34)(H2,35,36,37)(H2,38,39,40)(H2,41,42,43)(H2,44,45,46)/t19-,20-,21+,22-,23-,24+,25+,26+,27+,28-,29+,30+/m1/s1. The Hall–Kier alpha value is -0.380. The molecule has 0 aromatic carbocycles. The van der Waals surface area contributed by atoms with Crippen molar-refractivity contribution in [3.63, 3.8) is 0 Å². The SMILES string of the molecule is COCCOCCO[C@@H]1[C@@H](OP(=O)(O)O)[C@H](OCCOCCOC)[C@@H](OC)[C@@H](OCCCCC(=O)O[C@H]2[C@@H](OP(=O)(O)O)[C@H](OC)[C@@H](OC)[C@H](OP(=O)(O)O)[C@H]2OP(=O)(O)O)[C@H]1OP(=O)(O)O. The van der Waals surface area contributed by atoms with Crippen molar-refractivity contribution >= 4 is 45.1 Å². The largest absolute Gasteiger partial charge is 0.470 e. The van der Waals surface area contributed by atoms with E-state index in [1.54, 1.807) is 0 Å². The normalized spacial score (nSPS) is 29.0. The molecule has 0 amide bonds. The van der Waals surface area contributed by atoms with Crippen molar-refractivity contribution in [2.24, 2.45) is 0 Å². The zero-order valence-corrected chi connectivity index (χ0v) is 41.1. The fraction of sp³-hybridized carbons (Fsp3) is 0.967. The van der Waals surface area contributed by atoms with Crippen molar-refractivity contribution < 1.29 is 151 Å². The highest BCUT2D eigenvalue weighted by Gasteiger charge is 2.60. The fourth-order valence-electron chi connectivity index (χ4n) is 6.92. The van der Waals surface area contributed by atoms with Crippen molar-refractivity contribution in [1.82, 2.24) is 0 Å². The van der Waals surface area contributed by atoms with Crippen LogP contribution < -0.4 is 0 Å². The molecule has 0 aromatic rings. The maximum Gasteiger partial charge on any atom is 0.470 e. The van der Waals surface area contributed by atoms with Gasteiger partial charge in [-0.25, -0.2) is 22.8 Å². The van der Waals surface area contributed by atoms with Crippen LogP contribution in [-0.4, -0.2) is 223 Å². The highest BCUT2D eigenvalue weighted by Crippen LogP contribution is 2.51. The van der Waals surface area contributed by atoms with Crippen molar-refractivity contribution in [2.75, 3.05) is 95.0 Å². The lowest BCUT2D eigenvalue weighted by molar-refractivity contribution is -0.257. The molecule has 10 N–H and O–H groups in total. The van der Waals surface area contributed by atoms with Crippen LogP contribution in [-0.2, 0) is 102 Å². The van der Waals surface area contributed by atoms with Crippen molar-refractivity contribution in [1.29, 1.82) is 0 Å². The van der Waals surface area contributed by atoms with Gasteiger partial charge in [0.1, 0.15) is 67.1 Å². The number of phosphoric acid groups is 5. The smallest absolute Gasteiger partial charge is 0.457 e. The lowest BCUT2D eigenvalue weighted by atomic mass is 9.84. The van der Waals surface area contributed by atoms with Gasteiger partial charge in [-0.15, -0.1) is 0 Å². The molecule has 0 aromatic heterocycles. The molecule has 2 rings (SSSR count). The molecule has 0 heterocycles. The highest BCUT2D eigenvalue weighted by molar-refractivity contribution is 7.47. The minimum Gasteiger partial charge on any atom is -0.457 e. The number of esters is 1. The molecule has 2 saturated carbocycles. The minimum atomic E-state index is -5.72. The van der Waals surface area contributed by atoms with E-state index < -0.39 is 131 Å². The summed E-state index contributed by atoms with van der Waals surface area (Å²) in [6.45, 7) is -0.742. The van der Waals surface area contributed by atoms with Gasteiger partial charge in [0.15, 0.2) is 6.10 Å². The number of phosphoric ester groups is 5. The Morgan fingerprint density at radius 3 is 0.985 bits per heavy atom. The number of ether oxygens (including phenoxy) is 11. The van der Waals surface area contributed by atoms with Gasteiger partial charge in [-0.2, -0.15) is 0 Å². The van der Waals surface area contributed by atoms with E-state index in [1.165, 1.54) is 14.2 Å². The van der Waals surface area contributed by atoms with E-state index in [1.807, 2.05) is 0 Å². The Morgan fingerprint density at radius 1 is 0.358 bits per heavy atom. The van der Waals surface area contributed by atoms with Crippen LogP contribution >= 0.6 is 39.1 Å². The summed E-state index contributed by atoms with van der Waals surface area (Å²) in [5.74, 6) is -1.29. The van der Waals surface area contributed by atoms with E-state index in [0.29, 0.717) is 0 Å². The van der Waals surface area contributed by atoms with Crippen LogP contribution in [0.1, 0.15) is 19.3 Å². The average molecular weight is 1090 g/mol. The topological polar surface area (TPSA) is 452 Å². The molecule has 2 aliphatic carbocycles. The van der Waals surface area contributed by atoms with Gasteiger partial charge in [-0.05, 0) is 12.8 Å². The molecule has 0 bridgehead atoms. The van der Waals surface area contributed by atoms with Crippen LogP contribution in [0.15, 0.2) is 0 Å². The second kappa shape index (κ2) is 29.4. The van der Waals surface area contributed by atoms with Gasteiger partial charge < -0.3 is 101 Å². The number of carbonyl (C=O) groups excluding carboxylic acids is 1. The van der Waals surface area contributed by atoms with E-state index in [2.05, 4.69) is 0 Å². The molecular weight excluding hydrogens is 1030 g/mol. The van der Waals surface area contributed by atoms with Gasteiger partial charge in [0, 0.05) is 48.6 Å². The lowest BCUT2D eigenvalue weighted by Gasteiger charge is -2.49. The van der Waals surface area contributed by atoms with E-state index in [9.17, 15) is 76.6 Å². The van der Waals surface area contributed by atoms with Crippen molar-refractivity contribution in [2.45, 2.75) is 92.5 Å². The number of unbranched alkanes of at least 4 members (excludes halogenated alkanes) is 1. The number of rotatable bonds is 34. The molecule has 37 heteroatoms. The monoisotopic (exact) mass is 1090 g/mol. The second-order valence-electron chi connectivity index (χ2n) is 14.0. The Labute approximate surface area is 383 Å². The predicted octanol–water partition coefficient (Wildman–Crippen LogP) is -1.99. The van der Waals surface area contributed by atoms with Crippen LogP contribution in [0.4, 0.5) is 0 Å². The molecule has 398 valence electrons. The van der Waals surface area contributed by atoms with Crippen LogP contribution in [0, 0.1) is 0 Å². The molecule has 0 aliphatic heterocycles. The first-order valence-corrected chi connectivity index (χ1v) is 27.2. The summed E-state index contributed by atoms with van der Waals surface area (Å²) in [5, 5.41) is 0. The summed E-state index contributed by atoms with van der Waals surface area (Å²) >= 11 is 0. The van der Waals surface area contributed by atoms with Crippen LogP contribution in [0.25, 0.3) is 0 Å². The van der Waals surface area contributed by atoms with E-state index >= 15 is 0 Å². The number of hydrogen-bond donors (Lipinski definition) is 10. The maximum absolute atomic E-state index is 13.3. The van der Waals surface area contributed by atoms with Gasteiger partial charge >= 0.3 is 45.1 Å². The van der Waals surface area contributed by atoms with Gasteiger partial charge in [0.2, 0.25) is 0 Å². The third-order valence-electron chi connectivity index (χ3n) is 9.29. The Morgan fingerprint density at radius 2 is 0.642 bits per heavy atom. The third-order valence-corrected chi connectivity index (χ3v) is 11.9. The highest BCUT2D eigenvalue weighted by atomic mass is 31.2. The van der Waals surface area contributed by atoms with Gasteiger partial charge in [0.25, 0.3) is 0 Å². The number of methoxy groups -OCH3 is 5. The second-order valence-corrected chi connectivity index (χ2v) is 20.0. The van der Waals surface area contributed by atoms with Gasteiger partial charge in [-0.3, -0.25) is 27.4 Å². The molecule has 32 nitrogen and oxygen atoms in total. The summed E-state index contributed by atoms with van der Waals surface area (Å²) in [6.07, 6.45) is -24.3. The Kier molecular flexibility index (Phi) is 27.5. The third kappa shape index (κ3) is 23.4. The van der Waals surface area contributed by atoms with Crippen molar-refractivity contribution in [3.05, 3.63) is 0 Å².